The van der Waals surface area contributed by atoms with Crippen LogP contribution >= 0.6 is 15.9 Å². The number of nitrogens with zero attached hydrogens (tertiary/aromatic N) is 1. The quantitative estimate of drug-likeness (QED) is 0.869. The van der Waals surface area contributed by atoms with Crippen LogP contribution in [0.25, 0.3) is 0 Å². The molecule has 0 atom stereocenters. The molecule has 96 valence electrons. The van der Waals surface area contributed by atoms with Crippen LogP contribution in [-0.2, 0) is 9.59 Å². The van der Waals surface area contributed by atoms with Gasteiger partial charge in [-0.05, 0) is 18.2 Å². The predicted molar refractivity (Wildman–Crippen MR) is 72.2 cm³/mol. The number of piperazine rings is 1. The number of anilines is 1. The first kappa shape index (κ1) is 13.0. The largest absolute Gasteiger partial charge is 0.331 e. The van der Waals surface area contributed by atoms with E-state index in [0.717, 1.165) is 16.7 Å². The fraction of sp³-hybridized carbons (Fsp3) is 0.333. The van der Waals surface area contributed by atoms with Gasteiger partial charge in [-0.15, -0.1) is 0 Å². The van der Waals surface area contributed by atoms with Crippen LogP contribution in [0.1, 0.15) is 0 Å². The van der Waals surface area contributed by atoms with E-state index in [1.807, 2.05) is 24.3 Å². The van der Waals surface area contributed by atoms with Crippen LogP contribution in [0, 0.1) is 0 Å². The molecule has 0 radical (unpaired) electrons. The summed E-state index contributed by atoms with van der Waals surface area (Å²) in [6, 6.07) is 7.35. The number of hydrogen-bond acceptors (Lipinski definition) is 3. The summed E-state index contributed by atoms with van der Waals surface area (Å²) in [5.74, 6) is -0.214. The standard InChI is InChI=1S/C12H14BrN3O2/c13-9-2-1-3-10(6-9)15-11(17)8-16-5-4-14-7-12(16)18/h1-3,6,14H,4-5,7-8H2,(H,15,17). The zero-order valence-electron chi connectivity index (χ0n) is 9.78. The van der Waals surface area contributed by atoms with Gasteiger partial charge >= 0.3 is 0 Å². The third-order valence-corrected chi connectivity index (χ3v) is 3.12. The average Bonchev–Trinajstić information content (AvgIpc) is 2.32. The van der Waals surface area contributed by atoms with Crippen LogP contribution in [0.4, 0.5) is 5.69 Å². The van der Waals surface area contributed by atoms with Gasteiger partial charge in [0.1, 0.15) is 0 Å². The molecule has 6 heteroatoms. The number of rotatable bonds is 3. The number of hydrogen-bond donors (Lipinski definition) is 2. The highest BCUT2D eigenvalue weighted by Gasteiger charge is 2.19. The molecule has 1 aliphatic rings. The molecule has 1 heterocycles. The van der Waals surface area contributed by atoms with Crippen LogP contribution in [0.3, 0.4) is 0 Å². The van der Waals surface area contributed by atoms with Gasteiger partial charge in [-0.2, -0.15) is 0 Å². The lowest BCUT2D eigenvalue weighted by Crippen LogP contribution is -2.50. The normalized spacial score (nSPS) is 15.6. The number of amides is 2. The van der Waals surface area contributed by atoms with Crippen LogP contribution in [-0.4, -0.2) is 42.9 Å². The van der Waals surface area contributed by atoms with Gasteiger partial charge < -0.3 is 15.5 Å². The minimum Gasteiger partial charge on any atom is -0.331 e. The van der Waals surface area contributed by atoms with Crippen molar-refractivity contribution in [3.63, 3.8) is 0 Å². The molecule has 2 N–H and O–H groups in total. The molecule has 1 saturated heterocycles. The second-order valence-corrected chi connectivity index (χ2v) is 4.97. The Morgan fingerprint density at radius 2 is 2.33 bits per heavy atom. The number of benzene rings is 1. The summed E-state index contributed by atoms with van der Waals surface area (Å²) >= 11 is 3.34. The van der Waals surface area contributed by atoms with Gasteiger partial charge in [-0.3, -0.25) is 9.59 Å². The van der Waals surface area contributed by atoms with Crippen molar-refractivity contribution in [3.8, 4) is 0 Å². The second kappa shape index (κ2) is 5.97. The maximum absolute atomic E-state index is 11.8. The maximum atomic E-state index is 11.8. The molecule has 18 heavy (non-hydrogen) atoms. The number of halogens is 1. The van der Waals surface area contributed by atoms with Crippen molar-refractivity contribution in [2.24, 2.45) is 0 Å². The van der Waals surface area contributed by atoms with E-state index in [4.69, 9.17) is 0 Å². The zero-order valence-corrected chi connectivity index (χ0v) is 11.4. The van der Waals surface area contributed by atoms with Crippen molar-refractivity contribution in [1.29, 1.82) is 0 Å². The van der Waals surface area contributed by atoms with Crippen molar-refractivity contribution in [2.75, 3.05) is 31.5 Å². The summed E-state index contributed by atoms with van der Waals surface area (Å²) in [7, 11) is 0. The smallest absolute Gasteiger partial charge is 0.243 e. The third-order valence-electron chi connectivity index (χ3n) is 2.63. The summed E-state index contributed by atoms with van der Waals surface area (Å²) < 4.78 is 0.901. The summed E-state index contributed by atoms with van der Waals surface area (Å²) in [6.45, 7) is 1.72. The monoisotopic (exact) mass is 311 g/mol. The minimum atomic E-state index is -0.177. The predicted octanol–water partition coefficient (Wildman–Crippen LogP) is 0.819. The Kier molecular flexibility index (Phi) is 4.33. The molecule has 0 unspecified atom stereocenters. The summed E-state index contributed by atoms with van der Waals surface area (Å²) in [4.78, 5) is 24.9. The molecule has 0 spiro atoms. The van der Waals surface area contributed by atoms with Gasteiger partial charge in [0.05, 0.1) is 13.1 Å². The minimum absolute atomic E-state index is 0.0364. The van der Waals surface area contributed by atoms with E-state index in [2.05, 4.69) is 26.6 Å². The van der Waals surface area contributed by atoms with Crippen molar-refractivity contribution in [3.05, 3.63) is 28.7 Å². The molecule has 1 aliphatic heterocycles. The van der Waals surface area contributed by atoms with Gasteiger partial charge in [0, 0.05) is 23.2 Å². The Labute approximate surface area is 114 Å². The first-order chi connectivity index (χ1) is 8.65. The van der Waals surface area contributed by atoms with E-state index in [-0.39, 0.29) is 18.4 Å². The summed E-state index contributed by atoms with van der Waals surface area (Å²) in [5.41, 5.74) is 0.719. The van der Waals surface area contributed by atoms with E-state index in [9.17, 15) is 9.59 Å². The zero-order chi connectivity index (χ0) is 13.0. The first-order valence-corrected chi connectivity index (χ1v) is 6.48. The molecular formula is C12H14BrN3O2. The molecule has 1 aromatic carbocycles. The lowest BCUT2D eigenvalue weighted by molar-refractivity contribution is -0.135. The van der Waals surface area contributed by atoms with E-state index < -0.39 is 0 Å². The average molecular weight is 312 g/mol. The number of carbonyl (C=O) groups excluding carboxylic acids is 2. The van der Waals surface area contributed by atoms with Gasteiger partial charge in [0.25, 0.3) is 0 Å². The van der Waals surface area contributed by atoms with Crippen molar-refractivity contribution in [1.82, 2.24) is 10.2 Å². The Morgan fingerprint density at radius 3 is 3.06 bits per heavy atom. The Hall–Kier alpha value is -1.40. The first-order valence-electron chi connectivity index (χ1n) is 5.69. The van der Waals surface area contributed by atoms with Crippen LogP contribution in [0.15, 0.2) is 28.7 Å². The van der Waals surface area contributed by atoms with Crippen LogP contribution < -0.4 is 10.6 Å². The molecule has 0 aromatic heterocycles. The topological polar surface area (TPSA) is 61.4 Å². The Balaban J connectivity index is 1.90. The lowest BCUT2D eigenvalue weighted by atomic mass is 10.3. The summed E-state index contributed by atoms with van der Waals surface area (Å²) in [6.07, 6.45) is 0. The van der Waals surface area contributed by atoms with Crippen molar-refractivity contribution >= 4 is 33.4 Å². The molecule has 2 rings (SSSR count). The molecule has 0 saturated carbocycles. The molecule has 1 fully saturated rings. The maximum Gasteiger partial charge on any atom is 0.243 e. The SMILES string of the molecule is O=C(CN1CCNCC1=O)Nc1cccc(Br)c1. The highest BCUT2D eigenvalue weighted by Crippen LogP contribution is 2.15. The fourth-order valence-corrected chi connectivity index (χ4v) is 2.15. The number of nitrogens with one attached hydrogen (secondary N) is 2. The molecular weight excluding hydrogens is 298 g/mol. The Bertz CT molecular complexity index is 464. The van der Waals surface area contributed by atoms with E-state index in [1.54, 1.807) is 4.90 Å². The van der Waals surface area contributed by atoms with Crippen molar-refractivity contribution in [2.45, 2.75) is 0 Å². The van der Waals surface area contributed by atoms with Gasteiger partial charge in [0.15, 0.2) is 0 Å². The highest BCUT2D eigenvalue weighted by atomic mass is 79.9. The van der Waals surface area contributed by atoms with Crippen LogP contribution in [0.2, 0.25) is 0 Å². The highest BCUT2D eigenvalue weighted by molar-refractivity contribution is 9.10. The van der Waals surface area contributed by atoms with E-state index in [0.29, 0.717) is 13.1 Å². The molecule has 5 nitrogen and oxygen atoms in total. The van der Waals surface area contributed by atoms with Crippen LogP contribution in [0.5, 0.6) is 0 Å². The second-order valence-electron chi connectivity index (χ2n) is 4.05. The van der Waals surface area contributed by atoms with E-state index in [1.165, 1.54) is 0 Å². The van der Waals surface area contributed by atoms with Gasteiger partial charge in [-0.1, -0.05) is 22.0 Å². The van der Waals surface area contributed by atoms with Gasteiger partial charge in [0.2, 0.25) is 11.8 Å². The molecule has 1 aromatic rings. The molecule has 0 bridgehead atoms. The van der Waals surface area contributed by atoms with E-state index >= 15 is 0 Å². The third kappa shape index (κ3) is 3.54. The lowest BCUT2D eigenvalue weighted by Gasteiger charge is -2.26. The molecule has 2 amide bonds. The van der Waals surface area contributed by atoms with Gasteiger partial charge in [-0.25, -0.2) is 0 Å². The fourth-order valence-electron chi connectivity index (χ4n) is 1.75. The Morgan fingerprint density at radius 1 is 1.50 bits per heavy atom. The number of carbonyl (C=O) groups is 2. The molecule has 0 aliphatic carbocycles. The van der Waals surface area contributed by atoms with Crippen molar-refractivity contribution < 1.29 is 9.59 Å². The summed E-state index contributed by atoms with van der Waals surface area (Å²) in [5, 5.41) is 5.73.